The highest BCUT2D eigenvalue weighted by Crippen LogP contribution is 2.10. The lowest BCUT2D eigenvalue weighted by Gasteiger charge is -2.17. The molecule has 18 heavy (non-hydrogen) atoms. The molecule has 0 aliphatic carbocycles. The Hall–Kier alpha value is -1.71. The molecule has 1 atom stereocenters. The Morgan fingerprint density at radius 1 is 1.28 bits per heavy atom. The Morgan fingerprint density at radius 3 is 2.61 bits per heavy atom. The molecule has 1 aromatic rings. The van der Waals surface area contributed by atoms with E-state index in [1.807, 2.05) is 44.2 Å². The van der Waals surface area contributed by atoms with Crippen molar-refractivity contribution in [2.75, 3.05) is 13.2 Å². The number of nitrogens with one attached hydrogen (secondary N) is 1. The summed E-state index contributed by atoms with van der Waals surface area (Å²) < 4.78 is 10.8. The number of amides is 1. The summed E-state index contributed by atoms with van der Waals surface area (Å²) in [6, 6.07) is 9.50. The molecule has 0 aliphatic heterocycles. The first-order chi connectivity index (χ1) is 8.76. The van der Waals surface area contributed by atoms with Crippen molar-refractivity contribution in [2.24, 2.45) is 0 Å². The summed E-state index contributed by atoms with van der Waals surface area (Å²) in [5, 5.41) is 2.68. The predicted molar refractivity (Wildman–Crippen MR) is 70.8 cm³/mol. The minimum Gasteiger partial charge on any atom is -0.490 e. The van der Waals surface area contributed by atoms with Gasteiger partial charge in [0.05, 0.1) is 0 Å². The van der Waals surface area contributed by atoms with Crippen LogP contribution in [-0.4, -0.2) is 25.3 Å². The van der Waals surface area contributed by atoms with Crippen LogP contribution in [0.2, 0.25) is 0 Å². The molecule has 0 saturated heterocycles. The van der Waals surface area contributed by atoms with E-state index in [9.17, 15) is 4.79 Å². The maximum Gasteiger partial charge on any atom is 0.407 e. The zero-order chi connectivity index (χ0) is 13.2. The van der Waals surface area contributed by atoms with E-state index in [4.69, 9.17) is 9.47 Å². The second kappa shape index (κ2) is 8.39. The summed E-state index contributed by atoms with van der Waals surface area (Å²) in [4.78, 5) is 11.4. The fourth-order valence-corrected chi connectivity index (χ4v) is 1.36. The Bertz CT molecular complexity index is 340. The van der Waals surface area contributed by atoms with Gasteiger partial charge in [0.1, 0.15) is 18.5 Å². The van der Waals surface area contributed by atoms with Crippen LogP contribution in [0.4, 0.5) is 4.79 Å². The molecule has 1 N–H and O–H groups in total. The van der Waals surface area contributed by atoms with Crippen LogP contribution in [0.15, 0.2) is 30.3 Å². The van der Waals surface area contributed by atoms with Crippen molar-refractivity contribution in [1.82, 2.24) is 5.32 Å². The molecule has 4 heteroatoms. The Morgan fingerprint density at radius 2 is 2.00 bits per heavy atom. The quantitative estimate of drug-likeness (QED) is 0.810. The smallest absolute Gasteiger partial charge is 0.407 e. The number of hydrogen-bond donors (Lipinski definition) is 1. The minimum absolute atomic E-state index is 0.220. The van der Waals surface area contributed by atoms with Crippen LogP contribution in [0.25, 0.3) is 0 Å². The van der Waals surface area contributed by atoms with Gasteiger partial charge < -0.3 is 14.8 Å². The predicted octanol–water partition coefficient (Wildman–Crippen LogP) is 2.98. The average molecular weight is 251 g/mol. The first-order valence-corrected chi connectivity index (χ1v) is 6.38. The van der Waals surface area contributed by atoms with E-state index in [2.05, 4.69) is 5.32 Å². The second-order valence-electron chi connectivity index (χ2n) is 3.99. The summed E-state index contributed by atoms with van der Waals surface area (Å²) >= 11 is 0. The van der Waals surface area contributed by atoms with E-state index in [1.165, 1.54) is 0 Å². The van der Waals surface area contributed by atoms with Gasteiger partial charge in [0.15, 0.2) is 0 Å². The van der Waals surface area contributed by atoms with Gasteiger partial charge in [-0.3, -0.25) is 0 Å². The van der Waals surface area contributed by atoms with E-state index in [-0.39, 0.29) is 12.2 Å². The minimum atomic E-state index is -0.375. The molecule has 0 heterocycles. The fraction of sp³-hybridized carbons (Fsp3) is 0.500. The molecule has 0 spiro atoms. The van der Waals surface area contributed by atoms with Gasteiger partial charge in [0, 0.05) is 6.54 Å². The molecule has 1 unspecified atom stereocenters. The SMILES string of the molecule is CCCNC(=O)OC(CC)COc1ccccc1. The molecule has 0 radical (unpaired) electrons. The van der Waals surface area contributed by atoms with Crippen LogP contribution in [0, 0.1) is 0 Å². The second-order valence-corrected chi connectivity index (χ2v) is 3.99. The summed E-state index contributed by atoms with van der Waals surface area (Å²) in [6.45, 7) is 4.97. The maximum atomic E-state index is 11.4. The lowest BCUT2D eigenvalue weighted by Crippen LogP contribution is -2.32. The molecule has 100 valence electrons. The highest BCUT2D eigenvalue weighted by Gasteiger charge is 2.12. The van der Waals surface area contributed by atoms with Crippen molar-refractivity contribution in [1.29, 1.82) is 0 Å². The maximum absolute atomic E-state index is 11.4. The van der Waals surface area contributed by atoms with Gasteiger partial charge in [-0.25, -0.2) is 4.79 Å². The van der Waals surface area contributed by atoms with Gasteiger partial charge in [0.25, 0.3) is 0 Å². The average Bonchev–Trinajstić information content (AvgIpc) is 2.42. The summed E-state index contributed by atoms with van der Waals surface area (Å²) in [5.74, 6) is 0.786. The Kier molecular flexibility index (Phi) is 6.69. The highest BCUT2D eigenvalue weighted by atomic mass is 16.6. The molecule has 0 fully saturated rings. The third-order valence-electron chi connectivity index (χ3n) is 2.43. The first kappa shape index (κ1) is 14.4. The standard InChI is InChI=1S/C14H21NO3/c1-3-10-15-14(16)18-12(4-2)11-17-13-8-6-5-7-9-13/h5-9,12H,3-4,10-11H2,1-2H3,(H,15,16). The Balaban J connectivity index is 2.31. The topological polar surface area (TPSA) is 47.6 Å². The van der Waals surface area contributed by atoms with Crippen molar-refractivity contribution in [3.05, 3.63) is 30.3 Å². The number of carbonyl (C=O) groups excluding carboxylic acids is 1. The van der Waals surface area contributed by atoms with Crippen LogP contribution in [0.5, 0.6) is 5.75 Å². The van der Waals surface area contributed by atoms with E-state index in [0.717, 1.165) is 18.6 Å². The number of benzene rings is 1. The van der Waals surface area contributed by atoms with E-state index in [0.29, 0.717) is 13.2 Å². The number of hydrogen-bond acceptors (Lipinski definition) is 3. The monoisotopic (exact) mass is 251 g/mol. The number of rotatable bonds is 7. The molecular formula is C14H21NO3. The summed E-state index contributed by atoms with van der Waals surface area (Å²) in [5.41, 5.74) is 0. The zero-order valence-corrected chi connectivity index (χ0v) is 11.0. The van der Waals surface area contributed by atoms with E-state index >= 15 is 0 Å². The fourth-order valence-electron chi connectivity index (χ4n) is 1.36. The van der Waals surface area contributed by atoms with Gasteiger partial charge in [0.2, 0.25) is 0 Å². The normalized spacial score (nSPS) is 11.7. The van der Waals surface area contributed by atoms with Crippen molar-refractivity contribution in [3.8, 4) is 5.75 Å². The van der Waals surface area contributed by atoms with Crippen molar-refractivity contribution >= 4 is 6.09 Å². The summed E-state index contributed by atoms with van der Waals surface area (Å²) in [7, 11) is 0. The number of carbonyl (C=O) groups is 1. The molecule has 0 bridgehead atoms. The molecule has 0 aromatic heterocycles. The number of alkyl carbamates (subject to hydrolysis) is 1. The molecule has 0 aliphatic rings. The van der Waals surface area contributed by atoms with E-state index < -0.39 is 0 Å². The van der Waals surface area contributed by atoms with E-state index in [1.54, 1.807) is 0 Å². The van der Waals surface area contributed by atoms with Gasteiger partial charge in [-0.05, 0) is 25.0 Å². The van der Waals surface area contributed by atoms with Gasteiger partial charge in [-0.2, -0.15) is 0 Å². The number of para-hydroxylation sites is 1. The van der Waals surface area contributed by atoms with Crippen molar-refractivity contribution < 1.29 is 14.3 Å². The molecule has 1 aromatic carbocycles. The van der Waals surface area contributed by atoms with Gasteiger partial charge in [-0.1, -0.05) is 32.0 Å². The van der Waals surface area contributed by atoms with Crippen LogP contribution in [0.1, 0.15) is 26.7 Å². The lowest BCUT2D eigenvalue weighted by molar-refractivity contribution is 0.0630. The lowest BCUT2D eigenvalue weighted by atomic mass is 10.3. The first-order valence-electron chi connectivity index (χ1n) is 6.38. The summed E-state index contributed by atoms with van der Waals surface area (Å²) in [6.07, 6.45) is 1.03. The van der Waals surface area contributed by atoms with Crippen LogP contribution < -0.4 is 10.1 Å². The largest absolute Gasteiger partial charge is 0.490 e. The Labute approximate surface area is 108 Å². The molecule has 1 rings (SSSR count). The molecule has 0 saturated carbocycles. The zero-order valence-electron chi connectivity index (χ0n) is 11.0. The van der Waals surface area contributed by atoms with Gasteiger partial charge >= 0.3 is 6.09 Å². The third kappa shape index (κ3) is 5.57. The third-order valence-corrected chi connectivity index (χ3v) is 2.43. The van der Waals surface area contributed by atoms with Crippen LogP contribution in [0.3, 0.4) is 0 Å². The van der Waals surface area contributed by atoms with Crippen molar-refractivity contribution in [3.63, 3.8) is 0 Å². The highest BCUT2D eigenvalue weighted by molar-refractivity contribution is 5.67. The molecular weight excluding hydrogens is 230 g/mol. The van der Waals surface area contributed by atoms with Gasteiger partial charge in [-0.15, -0.1) is 0 Å². The van der Waals surface area contributed by atoms with Crippen LogP contribution in [-0.2, 0) is 4.74 Å². The number of ether oxygens (including phenoxy) is 2. The molecule has 4 nitrogen and oxygen atoms in total. The molecule has 1 amide bonds. The van der Waals surface area contributed by atoms with Crippen molar-refractivity contribution in [2.45, 2.75) is 32.8 Å². The van der Waals surface area contributed by atoms with Crippen LogP contribution >= 0.6 is 0 Å².